The van der Waals surface area contributed by atoms with E-state index in [1.807, 2.05) is 13.8 Å². The van der Waals surface area contributed by atoms with Crippen LogP contribution in [-0.4, -0.2) is 11.5 Å². The summed E-state index contributed by atoms with van der Waals surface area (Å²) in [6.45, 7) is 8.33. The van der Waals surface area contributed by atoms with Crippen molar-refractivity contribution in [1.82, 2.24) is 10.3 Å². The van der Waals surface area contributed by atoms with Crippen LogP contribution in [0.2, 0.25) is 0 Å². The summed E-state index contributed by atoms with van der Waals surface area (Å²) in [5, 5.41) is 3.47. The second-order valence-corrected chi connectivity index (χ2v) is 4.65. The first-order valence-electron chi connectivity index (χ1n) is 4.76. The summed E-state index contributed by atoms with van der Waals surface area (Å²) in [6.07, 6.45) is -4.37. The smallest absolute Gasteiger partial charge is 0.384 e. The molecule has 1 aromatic rings. The molecule has 0 spiro atoms. The normalized spacial score (nSPS) is 11.9. The second-order valence-electron chi connectivity index (χ2n) is 3.79. The molecule has 0 fully saturated rings. The van der Waals surface area contributed by atoms with Crippen LogP contribution in [0, 0.1) is 5.92 Å². The van der Waals surface area contributed by atoms with E-state index in [0.717, 1.165) is 0 Å². The lowest BCUT2D eigenvalue weighted by Crippen LogP contribution is -2.17. The standard InChI is InChI=1S/C10H13F3N2S/c1-6(2)4-14-7(3)8-5-16-9(15-8)10(11,12)13/h5-6,14H,3-4H2,1-2H3. The molecule has 1 N–H and O–H groups in total. The summed E-state index contributed by atoms with van der Waals surface area (Å²) in [4.78, 5) is 3.49. The van der Waals surface area contributed by atoms with Crippen molar-refractivity contribution in [2.75, 3.05) is 6.54 Å². The van der Waals surface area contributed by atoms with Crippen LogP contribution in [0.15, 0.2) is 12.0 Å². The molecule has 0 saturated heterocycles. The van der Waals surface area contributed by atoms with Gasteiger partial charge in [0.15, 0.2) is 5.01 Å². The number of thiazole rings is 1. The van der Waals surface area contributed by atoms with Crippen LogP contribution >= 0.6 is 11.3 Å². The molecule has 0 atom stereocenters. The number of rotatable bonds is 4. The van der Waals surface area contributed by atoms with E-state index in [0.29, 0.717) is 29.5 Å². The van der Waals surface area contributed by atoms with Crippen molar-refractivity contribution in [3.05, 3.63) is 22.7 Å². The molecule has 0 aliphatic rings. The van der Waals surface area contributed by atoms with E-state index in [1.165, 1.54) is 5.38 Å². The second kappa shape index (κ2) is 4.86. The summed E-state index contributed by atoms with van der Waals surface area (Å²) in [7, 11) is 0. The van der Waals surface area contributed by atoms with Gasteiger partial charge in [-0.1, -0.05) is 20.4 Å². The van der Waals surface area contributed by atoms with Crippen LogP contribution in [0.1, 0.15) is 24.5 Å². The number of halogens is 3. The fourth-order valence-corrected chi connectivity index (χ4v) is 1.66. The van der Waals surface area contributed by atoms with Crippen molar-refractivity contribution in [2.24, 2.45) is 5.92 Å². The third kappa shape index (κ3) is 3.52. The van der Waals surface area contributed by atoms with Crippen molar-refractivity contribution >= 4 is 17.0 Å². The predicted molar refractivity (Wildman–Crippen MR) is 59.0 cm³/mol. The number of hydrogen-bond donors (Lipinski definition) is 1. The largest absolute Gasteiger partial charge is 0.443 e. The Bertz CT molecular complexity index is 368. The zero-order chi connectivity index (χ0) is 12.3. The Morgan fingerprint density at radius 3 is 2.62 bits per heavy atom. The lowest BCUT2D eigenvalue weighted by molar-refractivity contribution is -0.137. The Balaban J connectivity index is 2.67. The molecule has 0 aliphatic carbocycles. The molecule has 0 bridgehead atoms. The highest BCUT2D eigenvalue weighted by molar-refractivity contribution is 7.09. The van der Waals surface area contributed by atoms with E-state index in [1.54, 1.807) is 0 Å². The summed E-state index contributed by atoms with van der Waals surface area (Å²) in [6, 6.07) is 0. The molecule has 0 amide bonds. The van der Waals surface area contributed by atoms with Gasteiger partial charge in [0, 0.05) is 11.9 Å². The average molecular weight is 250 g/mol. The number of aromatic nitrogens is 1. The maximum absolute atomic E-state index is 12.3. The van der Waals surface area contributed by atoms with Gasteiger partial charge < -0.3 is 5.32 Å². The number of hydrogen-bond acceptors (Lipinski definition) is 3. The highest BCUT2D eigenvalue weighted by atomic mass is 32.1. The summed E-state index contributed by atoms with van der Waals surface area (Å²) in [5.74, 6) is 0.400. The maximum atomic E-state index is 12.3. The third-order valence-electron chi connectivity index (χ3n) is 1.78. The van der Waals surface area contributed by atoms with Crippen molar-refractivity contribution in [2.45, 2.75) is 20.0 Å². The van der Waals surface area contributed by atoms with Gasteiger partial charge in [-0.2, -0.15) is 13.2 Å². The summed E-state index contributed by atoms with van der Waals surface area (Å²) >= 11 is 0.582. The molecule has 1 aromatic heterocycles. The monoisotopic (exact) mass is 250 g/mol. The lowest BCUT2D eigenvalue weighted by Gasteiger charge is -2.09. The highest BCUT2D eigenvalue weighted by Crippen LogP contribution is 2.32. The van der Waals surface area contributed by atoms with Crippen LogP contribution in [0.5, 0.6) is 0 Å². The minimum absolute atomic E-state index is 0.262. The van der Waals surface area contributed by atoms with Crippen LogP contribution < -0.4 is 5.32 Å². The van der Waals surface area contributed by atoms with E-state index < -0.39 is 11.2 Å². The minimum Gasteiger partial charge on any atom is -0.384 e. The fraction of sp³-hybridized carbons (Fsp3) is 0.500. The molecule has 1 rings (SSSR count). The molecule has 0 saturated carbocycles. The van der Waals surface area contributed by atoms with Gasteiger partial charge in [0.1, 0.15) is 0 Å². The molecule has 6 heteroatoms. The quantitative estimate of drug-likeness (QED) is 0.886. The van der Waals surface area contributed by atoms with E-state index >= 15 is 0 Å². The zero-order valence-electron chi connectivity index (χ0n) is 9.06. The molecule has 0 aliphatic heterocycles. The fourth-order valence-electron chi connectivity index (χ4n) is 0.960. The van der Waals surface area contributed by atoms with Crippen LogP contribution in [-0.2, 0) is 6.18 Å². The molecule has 0 radical (unpaired) electrons. The minimum atomic E-state index is -4.37. The number of nitrogens with one attached hydrogen (secondary N) is 1. The molecule has 0 aromatic carbocycles. The van der Waals surface area contributed by atoms with E-state index in [9.17, 15) is 13.2 Å². The molecular weight excluding hydrogens is 237 g/mol. The van der Waals surface area contributed by atoms with E-state index in [4.69, 9.17) is 0 Å². The van der Waals surface area contributed by atoms with Crippen LogP contribution in [0.3, 0.4) is 0 Å². The van der Waals surface area contributed by atoms with Crippen molar-refractivity contribution in [1.29, 1.82) is 0 Å². The topological polar surface area (TPSA) is 24.9 Å². The molecular formula is C10H13F3N2S. The Kier molecular flexibility index (Phi) is 3.96. The van der Waals surface area contributed by atoms with Gasteiger partial charge in [-0.25, -0.2) is 4.98 Å². The van der Waals surface area contributed by atoms with Gasteiger partial charge in [-0.3, -0.25) is 0 Å². The van der Waals surface area contributed by atoms with Crippen LogP contribution in [0.4, 0.5) is 13.2 Å². The molecule has 2 nitrogen and oxygen atoms in total. The van der Waals surface area contributed by atoms with Gasteiger partial charge in [-0.15, -0.1) is 11.3 Å². The first-order valence-corrected chi connectivity index (χ1v) is 5.64. The number of alkyl halides is 3. The Hall–Kier alpha value is -1.04. The van der Waals surface area contributed by atoms with Crippen molar-refractivity contribution in [3.63, 3.8) is 0 Å². The van der Waals surface area contributed by atoms with Gasteiger partial charge >= 0.3 is 6.18 Å². The first-order chi connectivity index (χ1) is 7.30. The molecule has 16 heavy (non-hydrogen) atoms. The van der Waals surface area contributed by atoms with E-state index in [2.05, 4.69) is 16.9 Å². The molecule has 0 unspecified atom stereocenters. The SMILES string of the molecule is C=C(NCC(C)C)c1csc(C(F)(F)F)n1. The Morgan fingerprint density at radius 2 is 2.19 bits per heavy atom. The highest BCUT2D eigenvalue weighted by Gasteiger charge is 2.34. The molecule has 1 heterocycles. The zero-order valence-corrected chi connectivity index (χ0v) is 9.87. The van der Waals surface area contributed by atoms with Gasteiger partial charge in [0.05, 0.1) is 11.4 Å². The average Bonchev–Trinajstić information content (AvgIpc) is 2.61. The van der Waals surface area contributed by atoms with Gasteiger partial charge in [0.2, 0.25) is 0 Å². The summed E-state index contributed by atoms with van der Waals surface area (Å²) in [5.41, 5.74) is 0.693. The van der Waals surface area contributed by atoms with Crippen molar-refractivity contribution in [3.8, 4) is 0 Å². The van der Waals surface area contributed by atoms with Gasteiger partial charge in [0.25, 0.3) is 0 Å². The Morgan fingerprint density at radius 1 is 1.56 bits per heavy atom. The first kappa shape index (κ1) is 13.0. The number of nitrogens with zero attached hydrogens (tertiary/aromatic N) is 1. The van der Waals surface area contributed by atoms with Gasteiger partial charge in [-0.05, 0) is 5.92 Å². The van der Waals surface area contributed by atoms with E-state index in [-0.39, 0.29) is 5.69 Å². The third-order valence-corrected chi connectivity index (χ3v) is 2.67. The Labute approximate surface area is 96.2 Å². The molecule has 90 valence electrons. The van der Waals surface area contributed by atoms with Crippen LogP contribution in [0.25, 0.3) is 5.70 Å². The van der Waals surface area contributed by atoms with Crippen molar-refractivity contribution < 1.29 is 13.2 Å². The summed E-state index contributed by atoms with van der Waals surface area (Å²) < 4.78 is 36.8. The lowest BCUT2D eigenvalue weighted by atomic mass is 10.2. The predicted octanol–water partition coefficient (Wildman–Crippen LogP) is 3.38. The maximum Gasteiger partial charge on any atom is 0.443 e.